The largest absolute Gasteiger partial charge is 0.494 e. The molecule has 1 atom stereocenters. The van der Waals surface area contributed by atoms with Gasteiger partial charge in [0.2, 0.25) is 0 Å². The molecule has 0 saturated carbocycles. The van der Waals surface area contributed by atoms with E-state index in [1.54, 1.807) is 0 Å². The van der Waals surface area contributed by atoms with E-state index >= 15 is 0 Å². The molecule has 0 fully saturated rings. The Morgan fingerprint density at radius 2 is 1.90 bits per heavy atom. The van der Waals surface area contributed by atoms with Crippen LogP contribution < -0.4 is 10.1 Å². The highest BCUT2D eigenvalue weighted by atomic mass is 16.5. The third-order valence-electron chi connectivity index (χ3n) is 3.14. The molecule has 1 aromatic rings. The number of nitrogens with one attached hydrogen (secondary N) is 1. The Labute approximate surface area is 121 Å². The summed E-state index contributed by atoms with van der Waals surface area (Å²) in [4.78, 5) is 11.0. The SMILES string of the molecule is CCNC(CCOc1ccc(C(C)(C)C)cc1)C(=O)O. The number of carbonyl (C=O) groups is 1. The highest BCUT2D eigenvalue weighted by Gasteiger charge is 2.16. The maximum absolute atomic E-state index is 11.0. The number of carboxylic acids is 1. The van der Waals surface area contributed by atoms with Gasteiger partial charge < -0.3 is 15.2 Å². The summed E-state index contributed by atoms with van der Waals surface area (Å²) in [7, 11) is 0. The maximum atomic E-state index is 11.0. The van der Waals surface area contributed by atoms with E-state index in [2.05, 4.69) is 26.1 Å². The van der Waals surface area contributed by atoms with Crippen molar-refractivity contribution in [1.29, 1.82) is 0 Å². The van der Waals surface area contributed by atoms with Gasteiger partial charge in [-0.05, 0) is 29.7 Å². The van der Waals surface area contributed by atoms with Gasteiger partial charge in [-0.1, -0.05) is 39.8 Å². The van der Waals surface area contributed by atoms with Crippen molar-refractivity contribution in [2.45, 2.75) is 45.6 Å². The lowest BCUT2D eigenvalue weighted by Crippen LogP contribution is -2.37. The minimum absolute atomic E-state index is 0.123. The fourth-order valence-corrected chi connectivity index (χ4v) is 1.91. The van der Waals surface area contributed by atoms with E-state index in [0.29, 0.717) is 19.6 Å². The topological polar surface area (TPSA) is 58.6 Å². The third kappa shape index (κ3) is 5.21. The first-order chi connectivity index (χ1) is 9.34. The molecule has 0 aromatic heterocycles. The Hall–Kier alpha value is -1.55. The fourth-order valence-electron chi connectivity index (χ4n) is 1.91. The van der Waals surface area contributed by atoms with Gasteiger partial charge in [0.1, 0.15) is 11.8 Å². The van der Waals surface area contributed by atoms with Crippen molar-refractivity contribution in [3.05, 3.63) is 29.8 Å². The molecule has 1 rings (SSSR count). The minimum atomic E-state index is -0.835. The number of likely N-dealkylation sites (N-methyl/N-ethyl adjacent to an activating group) is 1. The highest BCUT2D eigenvalue weighted by molar-refractivity contribution is 5.73. The predicted octanol–water partition coefficient (Wildman–Crippen LogP) is 2.82. The first-order valence-electron chi connectivity index (χ1n) is 7.04. The van der Waals surface area contributed by atoms with E-state index < -0.39 is 12.0 Å². The molecule has 0 bridgehead atoms. The molecule has 4 heteroatoms. The van der Waals surface area contributed by atoms with Crippen LogP contribution in [0.15, 0.2) is 24.3 Å². The van der Waals surface area contributed by atoms with Crippen LogP contribution in [0.3, 0.4) is 0 Å². The summed E-state index contributed by atoms with van der Waals surface area (Å²) < 4.78 is 5.60. The van der Waals surface area contributed by atoms with Gasteiger partial charge in [-0.3, -0.25) is 4.79 Å². The highest BCUT2D eigenvalue weighted by Crippen LogP contribution is 2.24. The lowest BCUT2D eigenvalue weighted by molar-refractivity contribution is -0.139. The molecule has 112 valence electrons. The number of ether oxygens (including phenoxy) is 1. The number of carboxylic acid groups (broad SMARTS) is 1. The van der Waals surface area contributed by atoms with Crippen LogP contribution in [0.25, 0.3) is 0 Å². The van der Waals surface area contributed by atoms with Gasteiger partial charge in [0, 0.05) is 6.42 Å². The molecule has 0 spiro atoms. The molecule has 0 saturated heterocycles. The number of rotatable bonds is 7. The van der Waals surface area contributed by atoms with Crippen molar-refractivity contribution in [2.75, 3.05) is 13.2 Å². The standard InChI is InChI=1S/C16H25NO3/c1-5-17-14(15(18)19)10-11-20-13-8-6-12(7-9-13)16(2,3)4/h6-9,14,17H,5,10-11H2,1-4H3,(H,18,19). The second-order valence-corrected chi connectivity index (χ2v) is 5.86. The van der Waals surface area contributed by atoms with Crippen LogP contribution in [0.4, 0.5) is 0 Å². The zero-order chi connectivity index (χ0) is 15.2. The van der Waals surface area contributed by atoms with E-state index in [9.17, 15) is 4.79 Å². The van der Waals surface area contributed by atoms with Crippen molar-refractivity contribution in [3.63, 3.8) is 0 Å². The Balaban J connectivity index is 2.48. The van der Waals surface area contributed by atoms with Gasteiger partial charge in [-0.2, -0.15) is 0 Å². The molecule has 0 radical (unpaired) electrons. The van der Waals surface area contributed by atoms with Crippen molar-refractivity contribution in [2.24, 2.45) is 0 Å². The normalized spacial score (nSPS) is 13.0. The summed E-state index contributed by atoms with van der Waals surface area (Å²) in [6.45, 7) is 9.41. The lowest BCUT2D eigenvalue weighted by atomic mass is 9.87. The average molecular weight is 279 g/mol. The van der Waals surface area contributed by atoms with E-state index in [1.807, 2.05) is 31.2 Å². The summed E-state index contributed by atoms with van der Waals surface area (Å²) in [5, 5.41) is 11.9. The monoisotopic (exact) mass is 279 g/mol. The maximum Gasteiger partial charge on any atom is 0.320 e. The predicted molar refractivity (Wildman–Crippen MR) is 80.4 cm³/mol. The number of hydrogen-bond donors (Lipinski definition) is 2. The zero-order valence-electron chi connectivity index (χ0n) is 12.8. The summed E-state index contributed by atoms with van der Waals surface area (Å²) >= 11 is 0. The summed E-state index contributed by atoms with van der Waals surface area (Å²) in [6.07, 6.45) is 0.449. The van der Waals surface area contributed by atoms with Crippen LogP contribution in [0, 0.1) is 0 Å². The van der Waals surface area contributed by atoms with E-state index in [0.717, 1.165) is 5.75 Å². The molecular weight excluding hydrogens is 254 g/mol. The quantitative estimate of drug-likeness (QED) is 0.806. The molecule has 0 aliphatic heterocycles. The van der Waals surface area contributed by atoms with Gasteiger partial charge in [-0.25, -0.2) is 0 Å². The van der Waals surface area contributed by atoms with Crippen LogP contribution in [-0.2, 0) is 10.2 Å². The van der Waals surface area contributed by atoms with E-state index in [4.69, 9.17) is 9.84 Å². The Bertz CT molecular complexity index is 420. The summed E-state index contributed by atoms with van der Waals surface area (Å²) in [5.74, 6) is -0.0582. The Kier molecular flexibility index (Phi) is 6.02. The molecule has 0 amide bonds. The van der Waals surface area contributed by atoms with Crippen LogP contribution in [-0.4, -0.2) is 30.3 Å². The van der Waals surface area contributed by atoms with Crippen LogP contribution in [0.2, 0.25) is 0 Å². The minimum Gasteiger partial charge on any atom is -0.494 e. The number of aliphatic carboxylic acids is 1. The second-order valence-electron chi connectivity index (χ2n) is 5.86. The summed E-state index contributed by atoms with van der Waals surface area (Å²) in [6, 6.07) is 7.42. The van der Waals surface area contributed by atoms with Crippen molar-refractivity contribution in [1.82, 2.24) is 5.32 Å². The van der Waals surface area contributed by atoms with E-state index in [1.165, 1.54) is 5.56 Å². The average Bonchev–Trinajstić information content (AvgIpc) is 2.37. The van der Waals surface area contributed by atoms with E-state index in [-0.39, 0.29) is 5.41 Å². The molecule has 0 heterocycles. The molecule has 1 aromatic carbocycles. The van der Waals surface area contributed by atoms with Crippen LogP contribution >= 0.6 is 0 Å². The van der Waals surface area contributed by atoms with Gasteiger partial charge >= 0.3 is 5.97 Å². The number of hydrogen-bond acceptors (Lipinski definition) is 3. The van der Waals surface area contributed by atoms with Gasteiger partial charge in [-0.15, -0.1) is 0 Å². The second kappa shape index (κ2) is 7.29. The van der Waals surface area contributed by atoms with Crippen LogP contribution in [0.5, 0.6) is 5.75 Å². The van der Waals surface area contributed by atoms with Gasteiger partial charge in [0.15, 0.2) is 0 Å². The molecule has 0 aliphatic rings. The molecule has 20 heavy (non-hydrogen) atoms. The van der Waals surface area contributed by atoms with Crippen molar-refractivity contribution < 1.29 is 14.6 Å². The van der Waals surface area contributed by atoms with Gasteiger partial charge in [0.25, 0.3) is 0 Å². The van der Waals surface area contributed by atoms with Crippen molar-refractivity contribution >= 4 is 5.97 Å². The molecule has 2 N–H and O–H groups in total. The first kappa shape index (κ1) is 16.5. The molecule has 4 nitrogen and oxygen atoms in total. The fraction of sp³-hybridized carbons (Fsp3) is 0.562. The lowest BCUT2D eigenvalue weighted by Gasteiger charge is -2.19. The molecular formula is C16H25NO3. The van der Waals surface area contributed by atoms with Crippen molar-refractivity contribution in [3.8, 4) is 5.75 Å². The molecule has 1 unspecified atom stereocenters. The van der Waals surface area contributed by atoms with Gasteiger partial charge in [0.05, 0.1) is 6.61 Å². The Morgan fingerprint density at radius 1 is 1.30 bits per heavy atom. The molecule has 0 aliphatic carbocycles. The third-order valence-corrected chi connectivity index (χ3v) is 3.14. The zero-order valence-corrected chi connectivity index (χ0v) is 12.8. The number of benzene rings is 1. The summed E-state index contributed by atoms with van der Waals surface area (Å²) in [5.41, 5.74) is 1.37. The first-order valence-corrected chi connectivity index (χ1v) is 7.04. The van der Waals surface area contributed by atoms with Crippen LogP contribution in [0.1, 0.15) is 39.7 Å². The smallest absolute Gasteiger partial charge is 0.320 e. The Morgan fingerprint density at radius 3 is 2.35 bits per heavy atom.